The molecule has 4 N–H and O–H groups in total. The summed E-state index contributed by atoms with van der Waals surface area (Å²) < 4.78 is 0. The number of aromatic amines is 1. The van der Waals surface area contributed by atoms with E-state index in [9.17, 15) is 0 Å². The van der Waals surface area contributed by atoms with Crippen molar-refractivity contribution in [3.63, 3.8) is 0 Å². The Labute approximate surface area is 175 Å². The Morgan fingerprint density at radius 1 is 1.13 bits per heavy atom. The maximum absolute atomic E-state index is 6.05. The highest BCUT2D eigenvalue weighted by Crippen LogP contribution is 2.37. The molecule has 7 heteroatoms. The third-order valence-corrected chi connectivity index (χ3v) is 5.54. The highest BCUT2D eigenvalue weighted by Gasteiger charge is 2.25. The molecule has 7 nitrogen and oxygen atoms in total. The fourth-order valence-electron chi connectivity index (χ4n) is 4.26. The molecule has 4 heterocycles. The molecule has 1 atom stereocenters. The highest BCUT2D eigenvalue weighted by atomic mass is 15.1. The minimum absolute atomic E-state index is 0.147. The number of rotatable bonds is 5. The summed E-state index contributed by atoms with van der Waals surface area (Å²) in [6.45, 7) is 3.64. The van der Waals surface area contributed by atoms with Gasteiger partial charge >= 0.3 is 0 Å². The van der Waals surface area contributed by atoms with Gasteiger partial charge in [-0.1, -0.05) is 18.2 Å². The van der Waals surface area contributed by atoms with Gasteiger partial charge in [-0.05, 0) is 55.8 Å². The Kier molecular flexibility index (Phi) is 4.59. The van der Waals surface area contributed by atoms with Crippen molar-refractivity contribution in [1.82, 2.24) is 24.8 Å². The molecule has 1 unspecified atom stereocenters. The van der Waals surface area contributed by atoms with E-state index in [0.29, 0.717) is 11.5 Å². The number of nitrogen functional groups attached to an aromatic ring is 1. The third kappa shape index (κ3) is 3.59. The summed E-state index contributed by atoms with van der Waals surface area (Å²) in [5.74, 6) is 1.34. The molecule has 30 heavy (non-hydrogen) atoms. The second kappa shape index (κ2) is 7.42. The van der Waals surface area contributed by atoms with Crippen LogP contribution in [0, 0.1) is 6.92 Å². The first-order valence-corrected chi connectivity index (χ1v) is 10.1. The van der Waals surface area contributed by atoms with Gasteiger partial charge in [0.1, 0.15) is 11.6 Å². The monoisotopic (exact) mass is 399 g/mol. The van der Waals surface area contributed by atoms with Gasteiger partial charge in [0, 0.05) is 30.5 Å². The minimum atomic E-state index is 0.147. The zero-order valence-corrected chi connectivity index (χ0v) is 17.2. The molecule has 0 amide bonds. The number of nitrogens with one attached hydrogen (secondary N) is 2. The van der Waals surface area contributed by atoms with Crippen molar-refractivity contribution >= 4 is 22.7 Å². The topological polar surface area (TPSA) is 95.8 Å². The molecule has 3 aromatic heterocycles. The summed E-state index contributed by atoms with van der Waals surface area (Å²) in [5.41, 5.74) is 13.7. The van der Waals surface area contributed by atoms with Crippen LogP contribution in [-0.2, 0) is 19.5 Å². The molecule has 4 aromatic rings. The van der Waals surface area contributed by atoms with Crippen molar-refractivity contribution in [1.29, 1.82) is 0 Å². The SMILES string of the molecule is Cc1nc2nc(N)cc(C3Cc4cc(CN(C)Cc5ccccn5)ccc4N3)c2[nH]1. The van der Waals surface area contributed by atoms with Crippen LogP contribution in [0.4, 0.5) is 11.5 Å². The number of pyridine rings is 2. The number of fused-ring (bicyclic) bond motifs is 2. The second-order valence-electron chi connectivity index (χ2n) is 8.04. The van der Waals surface area contributed by atoms with Gasteiger partial charge in [-0.3, -0.25) is 9.88 Å². The molecule has 1 aliphatic rings. The lowest BCUT2D eigenvalue weighted by molar-refractivity contribution is 0.315. The first-order chi connectivity index (χ1) is 14.5. The van der Waals surface area contributed by atoms with E-state index < -0.39 is 0 Å². The van der Waals surface area contributed by atoms with Crippen LogP contribution in [0.1, 0.15) is 34.3 Å². The van der Waals surface area contributed by atoms with Crippen molar-refractivity contribution < 1.29 is 0 Å². The largest absolute Gasteiger partial charge is 0.384 e. The summed E-state index contributed by atoms with van der Waals surface area (Å²) in [7, 11) is 2.13. The summed E-state index contributed by atoms with van der Waals surface area (Å²) in [5, 5.41) is 3.65. The van der Waals surface area contributed by atoms with Crippen molar-refractivity contribution in [2.45, 2.75) is 32.5 Å². The fourth-order valence-corrected chi connectivity index (χ4v) is 4.26. The molecular weight excluding hydrogens is 374 g/mol. The summed E-state index contributed by atoms with van der Waals surface area (Å²) >= 11 is 0. The number of imidazole rings is 1. The Morgan fingerprint density at radius 3 is 2.87 bits per heavy atom. The molecule has 0 spiro atoms. The van der Waals surface area contributed by atoms with E-state index >= 15 is 0 Å². The minimum Gasteiger partial charge on any atom is -0.384 e. The number of nitrogens with zero attached hydrogens (tertiary/aromatic N) is 4. The van der Waals surface area contributed by atoms with Crippen molar-refractivity contribution in [2.75, 3.05) is 18.1 Å². The first kappa shape index (κ1) is 18.6. The molecule has 0 saturated heterocycles. The molecular formula is C23H25N7. The van der Waals surface area contributed by atoms with E-state index in [1.165, 1.54) is 16.8 Å². The van der Waals surface area contributed by atoms with Crippen LogP contribution in [0.5, 0.6) is 0 Å². The van der Waals surface area contributed by atoms with E-state index in [-0.39, 0.29) is 6.04 Å². The lowest BCUT2D eigenvalue weighted by Gasteiger charge is -2.16. The van der Waals surface area contributed by atoms with Crippen molar-refractivity contribution in [3.05, 3.63) is 76.9 Å². The van der Waals surface area contributed by atoms with Crippen LogP contribution in [-0.4, -0.2) is 31.9 Å². The van der Waals surface area contributed by atoms with Gasteiger partial charge in [0.25, 0.3) is 0 Å². The maximum Gasteiger partial charge on any atom is 0.180 e. The lowest BCUT2D eigenvalue weighted by Crippen LogP contribution is -2.17. The van der Waals surface area contributed by atoms with Gasteiger partial charge in [-0.15, -0.1) is 0 Å². The van der Waals surface area contributed by atoms with Crippen LogP contribution < -0.4 is 11.1 Å². The standard InChI is InChI=1S/C23H25N7/c1-14-26-22-18(11-21(24)29-23(22)27-14)20-10-16-9-15(6-7-19(16)28-20)12-30(2)13-17-5-3-4-8-25-17/h3-9,11,20,28H,10,12-13H2,1-2H3,(H3,24,26,27,29). The highest BCUT2D eigenvalue weighted by molar-refractivity contribution is 5.79. The van der Waals surface area contributed by atoms with Crippen LogP contribution >= 0.6 is 0 Å². The van der Waals surface area contributed by atoms with Gasteiger partial charge in [-0.2, -0.15) is 0 Å². The molecule has 1 aromatic carbocycles. The number of hydrogen-bond donors (Lipinski definition) is 3. The molecule has 0 saturated carbocycles. The van der Waals surface area contributed by atoms with Gasteiger partial charge in [0.2, 0.25) is 0 Å². The number of benzene rings is 1. The Bertz CT molecular complexity index is 1200. The van der Waals surface area contributed by atoms with Crippen LogP contribution in [0.15, 0.2) is 48.7 Å². The number of hydrogen-bond acceptors (Lipinski definition) is 6. The first-order valence-electron chi connectivity index (χ1n) is 10.1. The molecule has 0 fully saturated rings. The van der Waals surface area contributed by atoms with E-state index in [2.05, 4.69) is 61.5 Å². The fraction of sp³-hybridized carbons (Fsp3) is 0.261. The van der Waals surface area contributed by atoms with Crippen LogP contribution in [0.3, 0.4) is 0 Å². The second-order valence-corrected chi connectivity index (χ2v) is 8.04. The molecule has 0 radical (unpaired) electrons. The third-order valence-electron chi connectivity index (χ3n) is 5.54. The summed E-state index contributed by atoms with van der Waals surface area (Å²) in [4.78, 5) is 18.8. The van der Waals surface area contributed by atoms with Crippen molar-refractivity contribution in [2.24, 2.45) is 0 Å². The zero-order valence-electron chi connectivity index (χ0n) is 17.2. The molecule has 152 valence electrons. The summed E-state index contributed by atoms with van der Waals surface area (Å²) in [6, 6.07) is 14.8. The summed E-state index contributed by atoms with van der Waals surface area (Å²) in [6.07, 6.45) is 2.75. The van der Waals surface area contributed by atoms with Crippen molar-refractivity contribution in [3.8, 4) is 0 Å². The number of anilines is 2. The number of aromatic nitrogens is 4. The van der Waals surface area contributed by atoms with E-state index in [0.717, 1.165) is 42.1 Å². The molecule has 5 rings (SSSR count). The smallest absolute Gasteiger partial charge is 0.180 e. The average molecular weight is 400 g/mol. The predicted octanol–water partition coefficient (Wildman–Crippen LogP) is 3.58. The number of aryl methyl sites for hydroxylation is 1. The predicted molar refractivity (Wildman–Crippen MR) is 119 cm³/mol. The number of nitrogens with two attached hydrogens (primary N) is 1. The lowest BCUT2D eigenvalue weighted by atomic mass is 10.0. The quantitative estimate of drug-likeness (QED) is 0.475. The maximum atomic E-state index is 6.05. The van der Waals surface area contributed by atoms with Crippen LogP contribution in [0.25, 0.3) is 11.2 Å². The van der Waals surface area contributed by atoms with Gasteiger partial charge in [-0.25, -0.2) is 9.97 Å². The van der Waals surface area contributed by atoms with E-state index in [1.807, 2.05) is 31.3 Å². The molecule has 0 bridgehead atoms. The molecule has 0 aliphatic carbocycles. The Hall–Kier alpha value is -3.45. The van der Waals surface area contributed by atoms with E-state index in [1.54, 1.807) is 0 Å². The average Bonchev–Trinajstić information content (AvgIpc) is 3.30. The number of H-pyrrole nitrogens is 1. The normalized spacial score (nSPS) is 15.5. The van der Waals surface area contributed by atoms with Gasteiger partial charge < -0.3 is 16.0 Å². The van der Waals surface area contributed by atoms with E-state index in [4.69, 9.17) is 5.73 Å². The Balaban J connectivity index is 1.34. The molecule has 1 aliphatic heterocycles. The Morgan fingerprint density at radius 2 is 2.03 bits per heavy atom. The zero-order chi connectivity index (χ0) is 20.7. The van der Waals surface area contributed by atoms with Gasteiger partial charge in [0.05, 0.1) is 17.3 Å². The van der Waals surface area contributed by atoms with Crippen LogP contribution in [0.2, 0.25) is 0 Å². The van der Waals surface area contributed by atoms with Gasteiger partial charge in [0.15, 0.2) is 5.65 Å².